The molecule has 1 atom stereocenters. The van der Waals surface area contributed by atoms with Gasteiger partial charge in [0, 0.05) is 25.6 Å². The molecular formula is C21H23N5O4. The Morgan fingerprint density at radius 3 is 2.93 bits per heavy atom. The van der Waals surface area contributed by atoms with Gasteiger partial charge in [-0.15, -0.1) is 0 Å². The van der Waals surface area contributed by atoms with E-state index in [1.165, 1.54) is 4.57 Å². The van der Waals surface area contributed by atoms with Crippen molar-refractivity contribution in [2.45, 2.75) is 38.4 Å². The lowest BCUT2D eigenvalue weighted by Gasteiger charge is -2.26. The highest BCUT2D eigenvalue weighted by atomic mass is 16.5. The molecule has 3 aromatic rings. The summed E-state index contributed by atoms with van der Waals surface area (Å²) in [4.78, 5) is 32.8. The predicted molar refractivity (Wildman–Crippen MR) is 108 cm³/mol. The fourth-order valence-corrected chi connectivity index (χ4v) is 4.35. The second-order valence-electron chi connectivity index (χ2n) is 7.62. The van der Waals surface area contributed by atoms with Gasteiger partial charge in [-0.05, 0) is 25.0 Å². The highest BCUT2D eigenvalue weighted by Crippen LogP contribution is 2.33. The maximum Gasteiger partial charge on any atom is 0.275 e. The third kappa shape index (κ3) is 3.06. The molecule has 2 aromatic heterocycles. The smallest absolute Gasteiger partial charge is 0.275 e. The van der Waals surface area contributed by atoms with Crippen LogP contribution in [0.15, 0.2) is 35.1 Å². The monoisotopic (exact) mass is 409 g/mol. The number of benzene rings is 1. The molecule has 9 heteroatoms. The van der Waals surface area contributed by atoms with Crippen molar-refractivity contribution in [3.8, 4) is 5.88 Å². The van der Waals surface area contributed by atoms with Crippen molar-refractivity contribution in [2.75, 3.05) is 19.8 Å². The number of ether oxygens (including phenoxy) is 1. The van der Waals surface area contributed by atoms with Gasteiger partial charge in [-0.25, -0.2) is 9.67 Å². The molecule has 156 valence electrons. The SMILES string of the molecule is O=C(c1cc2n(n1)CCCO2)N1CCCC1c1nc2ccccc2c(=O)n1CCO. The van der Waals surface area contributed by atoms with Crippen LogP contribution >= 0.6 is 0 Å². The minimum atomic E-state index is -0.346. The number of para-hydroxylation sites is 1. The van der Waals surface area contributed by atoms with Gasteiger partial charge in [0.1, 0.15) is 5.82 Å². The van der Waals surface area contributed by atoms with Crippen molar-refractivity contribution in [1.82, 2.24) is 24.2 Å². The number of aliphatic hydroxyl groups excluding tert-OH is 1. The Morgan fingerprint density at radius 2 is 2.10 bits per heavy atom. The van der Waals surface area contributed by atoms with Crippen LogP contribution in [0.25, 0.3) is 10.9 Å². The van der Waals surface area contributed by atoms with Crippen LogP contribution in [0.5, 0.6) is 5.88 Å². The molecule has 0 spiro atoms. The normalized spacial score (nSPS) is 18.4. The van der Waals surface area contributed by atoms with E-state index in [0.717, 1.165) is 19.4 Å². The van der Waals surface area contributed by atoms with Gasteiger partial charge in [0.15, 0.2) is 5.69 Å². The summed E-state index contributed by atoms with van der Waals surface area (Å²) in [5.74, 6) is 0.932. The Morgan fingerprint density at radius 1 is 1.23 bits per heavy atom. The third-order valence-corrected chi connectivity index (χ3v) is 5.75. The first-order chi connectivity index (χ1) is 14.7. The standard InChI is InChI=1S/C21H23N5O4/c27-11-10-25-19(22-15-6-2-1-5-14(15)20(25)28)17-7-3-8-24(17)21(29)16-13-18-26(23-16)9-4-12-30-18/h1-2,5-6,13,17,27H,3-4,7-12H2. The van der Waals surface area contributed by atoms with Crippen LogP contribution in [0, 0.1) is 0 Å². The van der Waals surface area contributed by atoms with Gasteiger partial charge in [-0.2, -0.15) is 5.10 Å². The second-order valence-corrected chi connectivity index (χ2v) is 7.62. The van der Waals surface area contributed by atoms with Crippen LogP contribution in [0.4, 0.5) is 0 Å². The molecule has 5 rings (SSSR count). The van der Waals surface area contributed by atoms with E-state index in [2.05, 4.69) is 5.10 Å². The fourth-order valence-electron chi connectivity index (χ4n) is 4.35. The largest absolute Gasteiger partial charge is 0.478 e. The average molecular weight is 409 g/mol. The molecule has 1 fully saturated rings. The molecule has 4 heterocycles. The first kappa shape index (κ1) is 18.8. The van der Waals surface area contributed by atoms with Crippen LogP contribution in [-0.4, -0.2) is 55.0 Å². The van der Waals surface area contributed by atoms with Crippen molar-refractivity contribution in [1.29, 1.82) is 0 Å². The van der Waals surface area contributed by atoms with E-state index in [1.54, 1.807) is 33.8 Å². The average Bonchev–Trinajstić information content (AvgIpc) is 3.42. The van der Waals surface area contributed by atoms with Crippen molar-refractivity contribution in [2.24, 2.45) is 0 Å². The molecule has 2 aliphatic heterocycles. The van der Waals surface area contributed by atoms with E-state index in [4.69, 9.17) is 9.72 Å². The number of hydrogen-bond donors (Lipinski definition) is 1. The van der Waals surface area contributed by atoms with E-state index >= 15 is 0 Å². The first-order valence-electron chi connectivity index (χ1n) is 10.3. The van der Waals surface area contributed by atoms with Gasteiger partial charge in [-0.1, -0.05) is 12.1 Å². The van der Waals surface area contributed by atoms with Gasteiger partial charge in [0.05, 0.1) is 36.7 Å². The molecular weight excluding hydrogens is 386 g/mol. The summed E-state index contributed by atoms with van der Waals surface area (Å²) in [6.45, 7) is 1.87. The number of fused-ring (bicyclic) bond motifs is 2. The summed E-state index contributed by atoms with van der Waals surface area (Å²) in [7, 11) is 0. The van der Waals surface area contributed by atoms with Crippen molar-refractivity contribution in [3.05, 3.63) is 52.2 Å². The number of aromatic nitrogens is 4. The summed E-state index contributed by atoms with van der Waals surface area (Å²) in [5.41, 5.74) is 0.738. The molecule has 0 radical (unpaired) electrons. The summed E-state index contributed by atoms with van der Waals surface area (Å²) in [5, 5.41) is 14.5. The van der Waals surface area contributed by atoms with Crippen LogP contribution in [0.2, 0.25) is 0 Å². The van der Waals surface area contributed by atoms with E-state index in [9.17, 15) is 14.7 Å². The molecule has 0 bridgehead atoms. The highest BCUT2D eigenvalue weighted by molar-refractivity contribution is 5.93. The number of amides is 1. The number of aliphatic hydroxyl groups is 1. The van der Waals surface area contributed by atoms with Crippen LogP contribution in [-0.2, 0) is 13.1 Å². The molecule has 1 N–H and O–H groups in total. The van der Waals surface area contributed by atoms with Crippen LogP contribution in [0.1, 0.15) is 41.6 Å². The Kier molecular flexibility index (Phi) is 4.74. The Hall–Kier alpha value is -3.20. The number of hydrogen-bond acceptors (Lipinski definition) is 6. The van der Waals surface area contributed by atoms with Gasteiger partial charge < -0.3 is 14.7 Å². The maximum absolute atomic E-state index is 13.3. The molecule has 9 nitrogen and oxygen atoms in total. The third-order valence-electron chi connectivity index (χ3n) is 5.75. The van der Waals surface area contributed by atoms with Crippen molar-refractivity contribution >= 4 is 16.8 Å². The molecule has 1 saturated heterocycles. The van der Waals surface area contributed by atoms with Crippen LogP contribution < -0.4 is 10.3 Å². The zero-order valence-electron chi connectivity index (χ0n) is 16.5. The molecule has 2 aliphatic rings. The number of carbonyl (C=O) groups excluding carboxylic acids is 1. The summed E-state index contributed by atoms with van der Waals surface area (Å²) in [6.07, 6.45) is 2.37. The Labute approximate surface area is 172 Å². The molecule has 1 unspecified atom stereocenters. The topological polar surface area (TPSA) is 102 Å². The summed E-state index contributed by atoms with van der Waals surface area (Å²) >= 11 is 0. The van der Waals surface area contributed by atoms with Gasteiger partial charge in [-0.3, -0.25) is 14.2 Å². The number of aryl methyl sites for hydroxylation is 1. The van der Waals surface area contributed by atoms with E-state index in [1.807, 2.05) is 6.07 Å². The minimum Gasteiger partial charge on any atom is -0.478 e. The number of nitrogens with zero attached hydrogens (tertiary/aromatic N) is 5. The van der Waals surface area contributed by atoms with E-state index in [0.29, 0.717) is 47.9 Å². The second kappa shape index (κ2) is 7.56. The Balaban J connectivity index is 1.55. The highest BCUT2D eigenvalue weighted by Gasteiger charge is 2.35. The number of rotatable bonds is 4. The quantitative estimate of drug-likeness (QED) is 0.698. The lowest BCUT2D eigenvalue weighted by atomic mass is 10.1. The lowest BCUT2D eigenvalue weighted by Crippen LogP contribution is -2.36. The maximum atomic E-state index is 13.3. The van der Waals surface area contributed by atoms with Crippen LogP contribution in [0.3, 0.4) is 0 Å². The Bertz CT molecular complexity index is 1140. The van der Waals surface area contributed by atoms with Gasteiger partial charge >= 0.3 is 0 Å². The number of likely N-dealkylation sites (tertiary alicyclic amines) is 1. The van der Waals surface area contributed by atoms with E-state index < -0.39 is 0 Å². The molecule has 0 aliphatic carbocycles. The van der Waals surface area contributed by atoms with Crippen molar-refractivity contribution in [3.63, 3.8) is 0 Å². The molecule has 30 heavy (non-hydrogen) atoms. The summed E-state index contributed by atoms with van der Waals surface area (Å²) < 4.78 is 8.81. The lowest BCUT2D eigenvalue weighted by molar-refractivity contribution is 0.0719. The molecule has 0 saturated carbocycles. The fraction of sp³-hybridized carbons (Fsp3) is 0.429. The van der Waals surface area contributed by atoms with Gasteiger partial charge in [0.2, 0.25) is 5.88 Å². The van der Waals surface area contributed by atoms with Crippen molar-refractivity contribution < 1.29 is 14.6 Å². The predicted octanol–water partition coefficient (Wildman–Crippen LogP) is 1.35. The van der Waals surface area contributed by atoms with Gasteiger partial charge in [0.25, 0.3) is 11.5 Å². The number of carbonyl (C=O) groups is 1. The van der Waals surface area contributed by atoms with E-state index in [-0.39, 0.29) is 30.7 Å². The zero-order chi connectivity index (χ0) is 20.7. The minimum absolute atomic E-state index is 0.136. The molecule has 1 aromatic carbocycles. The molecule has 1 amide bonds. The zero-order valence-corrected chi connectivity index (χ0v) is 16.5. The summed E-state index contributed by atoms with van der Waals surface area (Å²) in [6, 6.07) is 8.50. The first-order valence-corrected chi connectivity index (χ1v) is 10.3.